The van der Waals surface area contributed by atoms with Crippen LogP contribution in [0.1, 0.15) is 18.0 Å². The summed E-state index contributed by atoms with van der Waals surface area (Å²) in [5.41, 5.74) is 6.45. The van der Waals surface area contributed by atoms with Gasteiger partial charge in [0.1, 0.15) is 13.2 Å². The molecule has 0 aromatic heterocycles. The summed E-state index contributed by atoms with van der Waals surface area (Å²) in [4.78, 5) is 10.7. The van der Waals surface area contributed by atoms with Crippen molar-refractivity contribution in [3.63, 3.8) is 0 Å². The molecule has 2 rings (SSSR count). The van der Waals surface area contributed by atoms with Gasteiger partial charge in [-0.3, -0.25) is 4.79 Å². The van der Waals surface area contributed by atoms with Gasteiger partial charge in [-0.25, -0.2) is 0 Å². The van der Waals surface area contributed by atoms with Gasteiger partial charge in [-0.15, -0.1) is 0 Å². The van der Waals surface area contributed by atoms with Crippen molar-refractivity contribution in [1.82, 2.24) is 0 Å². The molecule has 0 saturated heterocycles. The second-order valence-electron chi connectivity index (χ2n) is 3.92. The van der Waals surface area contributed by atoms with E-state index >= 15 is 0 Å². The molecule has 0 fully saturated rings. The molecular weight excluding hydrogens is 238 g/mol. The van der Waals surface area contributed by atoms with Crippen LogP contribution >= 0.6 is 0 Å². The van der Waals surface area contributed by atoms with Gasteiger partial charge >= 0.3 is 5.97 Å². The second-order valence-corrected chi connectivity index (χ2v) is 3.92. The number of ether oxygens (including phenoxy) is 3. The quantitative estimate of drug-likeness (QED) is 0.829. The Morgan fingerprint density at radius 1 is 1.50 bits per heavy atom. The number of hydrogen-bond donors (Lipinski definition) is 2. The normalized spacial score (nSPS) is 15.0. The van der Waals surface area contributed by atoms with Crippen LogP contribution in [0.25, 0.3) is 0 Å². The molecule has 1 aromatic carbocycles. The fraction of sp³-hybridized carbons (Fsp3) is 0.417. The summed E-state index contributed by atoms with van der Waals surface area (Å²) >= 11 is 0. The van der Waals surface area contributed by atoms with E-state index < -0.39 is 12.0 Å². The number of benzene rings is 1. The smallest absolute Gasteiger partial charge is 0.305 e. The SMILES string of the molecule is COc1c(C(N)CC(=O)O)ccc2c1OCCO2. The number of fused-ring (bicyclic) bond motifs is 1. The van der Waals surface area contributed by atoms with E-state index in [-0.39, 0.29) is 6.42 Å². The van der Waals surface area contributed by atoms with Gasteiger partial charge in [-0.05, 0) is 12.1 Å². The minimum absolute atomic E-state index is 0.171. The van der Waals surface area contributed by atoms with E-state index in [1.54, 1.807) is 12.1 Å². The van der Waals surface area contributed by atoms with Crippen LogP contribution in [0, 0.1) is 0 Å². The van der Waals surface area contributed by atoms with E-state index in [1.165, 1.54) is 7.11 Å². The predicted octanol–water partition coefficient (Wildman–Crippen LogP) is 0.941. The second kappa shape index (κ2) is 5.14. The average Bonchev–Trinajstić information content (AvgIpc) is 2.36. The average molecular weight is 253 g/mol. The summed E-state index contributed by atoms with van der Waals surface area (Å²) in [6.45, 7) is 0.914. The predicted molar refractivity (Wildman–Crippen MR) is 63.2 cm³/mol. The van der Waals surface area contributed by atoms with E-state index in [0.717, 1.165) is 0 Å². The van der Waals surface area contributed by atoms with Gasteiger partial charge in [0, 0.05) is 11.6 Å². The molecule has 0 amide bonds. The van der Waals surface area contributed by atoms with Crippen molar-refractivity contribution < 1.29 is 24.1 Å². The molecule has 1 heterocycles. The van der Waals surface area contributed by atoms with Crippen molar-refractivity contribution in [2.45, 2.75) is 12.5 Å². The van der Waals surface area contributed by atoms with Crippen molar-refractivity contribution in [2.75, 3.05) is 20.3 Å². The third-order valence-corrected chi connectivity index (χ3v) is 2.69. The van der Waals surface area contributed by atoms with Crippen molar-refractivity contribution >= 4 is 5.97 Å². The van der Waals surface area contributed by atoms with E-state index in [2.05, 4.69) is 0 Å². The number of rotatable bonds is 4. The van der Waals surface area contributed by atoms with Crippen molar-refractivity contribution in [3.8, 4) is 17.2 Å². The Morgan fingerprint density at radius 2 is 2.22 bits per heavy atom. The first-order chi connectivity index (χ1) is 8.63. The van der Waals surface area contributed by atoms with Crippen LogP contribution in [0.5, 0.6) is 17.2 Å². The van der Waals surface area contributed by atoms with Crippen LogP contribution in [0.3, 0.4) is 0 Å². The number of carbonyl (C=O) groups is 1. The number of carboxylic acid groups (broad SMARTS) is 1. The highest BCUT2D eigenvalue weighted by Gasteiger charge is 2.24. The Hall–Kier alpha value is -1.95. The maximum atomic E-state index is 10.7. The number of hydrogen-bond acceptors (Lipinski definition) is 5. The van der Waals surface area contributed by atoms with Gasteiger partial charge in [0.05, 0.1) is 13.5 Å². The zero-order chi connectivity index (χ0) is 13.1. The molecule has 1 aliphatic rings. The summed E-state index contributed by atoms with van der Waals surface area (Å²) in [7, 11) is 1.49. The van der Waals surface area contributed by atoms with Crippen molar-refractivity contribution in [3.05, 3.63) is 17.7 Å². The molecule has 18 heavy (non-hydrogen) atoms. The minimum atomic E-state index is -0.959. The van der Waals surface area contributed by atoms with Gasteiger partial charge < -0.3 is 25.1 Å². The molecule has 1 unspecified atom stereocenters. The summed E-state index contributed by atoms with van der Waals surface area (Å²) in [6.07, 6.45) is -0.171. The molecule has 0 bridgehead atoms. The Morgan fingerprint density at radius 3 is 2.89 bits per heavy atom. The number of nitrogens with two attached hydrogens (primary N) is 1. The first-order valence-electron chi connectivity index (χ1n) is 5.57. The van der Waals surface area contributed by atoms with Crippen LogP contribution in [0.15, 0.2) is 12.1 Å². The summed E-state index contributed by atoms with van der Waals surface area (Å²) in [5, 5.41) is 8.77. The lowest BCUT2D eigenvalue weighted by atomic mass is 10.0. The van der Waals surface area contributed by atoms with Crippen LogP contribution in [0.2, 0.25) is 0 Å². The summed E-state index contributed by atoms with van der Waals surface area (Å²) < 4.78 is 16.2. The van der Waals surface area contributed by atoms with Crippen LogP contribution < -0.4 is 19.9 Å². The molecule has 1 aliphatic heterocycles. The maximum absolute atomic E-state index is 10.7. The number of carboxylic acids is 1. The van der Waals surface area contributed by atoms with Crippen molar-refractivity contribution in [1.29, 1.82) is 0 Å². The highest BCUT2D eigenvalue weighted by atomic mass is 16.6. The first-order valence-corrected chi connectivity index (χ1v) is 5.57. The molecule has 6 nitrogen and oxygen atoms in total. The maximum Gasteiger partial charge on any atom is 0.305 e. The molecule has 1 aromatic rings. The summed E-state index contributed by atoms with van der Waals surface area (Å²) in [5.74, 6) is 0.562. The van der Waals surface area contributed by atoms with Gasteiger partial charge in [-0.2, -0.15) is 0 Å². The molecule has 0 aliphatic carbocycles. The van der Waals surface area contributed by atoms with Gasteiger partial charge in [0.25, 0.3) is 0 Å². The molecule has 0 saturated carbocycles. The van der Waals surface area contributed by atoms with E-state index in [0.29, 0.717) is 36.0 Å². The topological polar surface area (TPSA) is 91.0 Å². The van der Waals surface area contributed by atoms with E-state index in [9.17, 15) is 4.79 Å². The standard InChI is InChI=1S/C12H15NO5/c1-16-11-7(8(13)6-10(14)15)2-3-9-12(11)18-5-4-17-9/h2-3,8H,4-6,13H2,1H3,(H,14,15). The Kier molecular flexibility index (Phi) is 3.57. The molecule has 98 valence electrons. The fourth-order valence-electron chi connectivity index (χ4n) is 1.91. The van der Waals surface area contributed by atoms with Gasteiger partial charge in [-0.1, -0.05) is 0 Å². The Labute approximate surface area is 104 Å². The van der Waals surface area contributed by atoms with E-state index in [1.807, 2.05) is 0 Å². The Balaban J connectivity index is 2.38. The van der Waals surface area contributed by atoms with Crippen molar-refractivity contribution in [2.24, 2.45) is 5.73 Å². The zero-order valence-corrected chi connectivity index (χ0v) is 10.0. The molecule has 6 heteroatoms. The van der Waals surface area contributed by atoms with Gasteiger partial charge in [0.15, 0.2) is 11.5 Å². The zero-order valence-electron chi connectivity index (χ0n) is 10.0. The lowest BCUT2D eigenvalue weighted by Crippen LogP contribution is -2.19. The molecule has 0 radical (unpaired) electrons. The third-order valence-electron chi connectivity index (χ3n) is 2.69. The monoisotopic (exact) mass is 253 g/mol. The molecular formula is C12H15NO5. The van der Waals surface area contributed by atoms with Crippen LogP contribution in [-0.2, 0) is 4.79 Å². The van der Waals surface area contributed by atoms with Crippen LogP contribution in [0.4, 0.5) is 0 Å². The number of aliphatic carboxylic acids is 1. The van der Waals surface area contributed by atoms with Gasteiger partial charge in [0.2, 0.25) is 5.75 Å². The minimum Gasteiger partial charge on any atom is -0.492 e. The van der Waals surface area contributed by atoms with Crippen LogP contribution in [-0.4, -0.2) is 31.4 Å². The molecule has 3 N–H and O–H groups in total. The first kappa shape index (κ1) is 12.5. The lowest BCUT2D eigenvalue weighted by molar-refractivity contribution is -0.137. The highest BCUT2D eigenvalue weighted by molar-refractivity contribution is 5.69. The molecule has 1 atom stereocenters. The Bertz CT molecular complexity index is 460. The number of methoxy groups -OCH3 is 1. The van der Waals surface area contributed by atoms with E-state index in [4.69, 9.17) is 25.1 Å². The fourth-order valence-corrected chi connectivity index (χ4v) is 1.91. The highest BCUT2D eigenvalue weighted by Crippen LogP contribution is 2.43. The largest absolute Gasteiger partial charge is 0.492 e. The molecule has 0 spiro atoms. The lowest BCUT2D eigenvalue weighted by Gasteiger charge is -2.23. The summed E-state index contributed by atoms with van der Waals surface area (Å²) in [6, 6.07) is 2.78. The third kappa shape index (κ3) is 2.33.